The highest BCUT2D eigenvalue weighted by Gasteiger charge is 2.18. The Hall–Kier alpha value is -2.06. The van der Waals surface area contributed by atoms with Gasteiger partial charge in [0.05, 0.1) is 18.9 Å². The molecule has 1 N–H and O–H groups in total. The lowest BCUT2D eigenvalue weighted by Crippen LogP contribution is -2.42. The molecule has 0 aliphatic carbocycles. The zero-order chi connectivity index (χ0) is 18.2. The first-order chi connectivity index (χ1) is 12.0. The van der Waals surface area contributed by atoms with Crippen molar-refractivity contribution in [3.8, 4) is 0 Å². The minimum atomic E-state index is -0.831. The van der Waals surface area contributed by atoms with Crippen LogP contribution in [0.3, 0.4) is 0 Å². The van der Waals surface area contributed by atoms with E-state index >= 15 is 0 Å². The highest BCUT2D eigenvalue weighted by Crippen LogP contribution is 2.20. The first kappa shape index (κ1) is 19.3. The molecule has 1 aliphatic rings. The van der Waals surface area contributed by atoms with Crippen molar-refractivity contribution in [1.82, 2.24) is 10.2 Å². The molecule has 1 heterocycles. The van der Waals surface area contributed by atoms with Gasteiger partial charge in [0, 0.05) is 52.1 Å². The van der Waals surface area contributed by atoms with Crippen molar-refractivity contribution < 1.29 is 23.1 Å². The Labute approximate surface area is 145 Å². The van der Waals surface area contributed by atoms with Crippen LogP contribution >= 0.6 is 0 Å². The molecule has 1 saturated heterocycles. The number of hydrogen-bond donors (Lipinski definition) is 1. The number of carbonyl (C=O) groups excluding carboxylic acids is 2. The summed E-state index contributed by atoms with van der Waals surface area (Å²) in [5, 5.41) is 2.79. The van der Waals surface area contributed by atoms with E-state index in [-0.39, 0.29) is 24.6 Å². The molecule has 8 heteroatoms. The van der Waals surface area contributed by atoms with Crippen molar-refractivity contribution >= 4 is 17.5 Å². The maximum Gasteiger partial charge on any atom is 0.223 e. The number of carbonyl (C=O) groups is 2. The normalized spacial score (nSPS) is 15.0. The molecule has 138 valence electrons. The minimum absolute atomic E-state index is 0.0290. The zero-order valence-electron chi connectivity index (χ0n) is 14.3. The maximum absolute atomic E-state index is 13.8. The van der Waals surface area contributed by atoms with Crippen LogP contribution in [0.25, 0.3) is 0 Å². The first-order valence-electron chi connectivity index (χ1n) is 8.27. The van der Waals surface area contributed by atoms with Gasteiger partial charge in [-0.05, 0) is 12.1 Å². The van der Waals surface area contributed by atoms with E-state index in [1.165, 1.54) is 13.0 Å². The number of nitrogens with zero attached hydrogens (tertiary/aromatic N) is 2. The van der Waals surface area contributed by atoms with E-state index in [1.807, 2.05) is 0 Å². The quantitative estimate of drug-likeness (QED) is 0.797. The van der Waals surface area contributed by atoms with Crippen LogP contribution in [0.2, 0.25) is 0 Å². The fourth-order valence-corrected chi connectivity index (χ4v) is 2.63. The predicted octanol–water partition coefficient (Wildman–Crippen LogP) is 1.16. The third-order valence-corrected chi connectivity index (χ3v) is 4.00. The van der Waals surface area contributed by atoms with Crippen LogP contribution in [-0.2, 0) is 14.3 Å². The molecule has 2 amide bonds. The van der Waals surface area contributed by atoms with E-state index in [9.17, 15) is 18.4 Å². The van der Waals surface area contributed by atoms with Gasteiger partial charge in [0.15, 0.2) is 0 Å². The van der Waals surface area contributed by atoms with Gasteiger partial charge in [0.1, 0.15) is 11.6 Å². The summed E-state index contributed by atoms with van der Waals surface area (Å²) in [6.07, 6.45) is 0.0412. The molecule has 0 unspecified atom stereocenters. The predicted molar refractivity (Wildman–Crippen MR) is 89.3 cm³/mol. The second-order valence-electron chi connectivity index (χ2n) is 5.82. The maximum atomic E-state index is 13.8. The molecule has 0 saturated carbocycles. The highest BCUT2D eigenvalue weighted by atomic mass is 19.1. The lowest BCUT2D eigenvalue weighted by molar-refractivity contribution is -0.121. The largest absolute Gasteiger partial charge is 0.379 e. The summed E-state index contributed by atoms with van der Waals surface area (Å²) < 4.78 is 32.1. The van der Waals surface area contributed by atoms with Crippen LogP contribution in [0.15, 0.2) is 18.2 Å². The molecule has 1 fully saturated rings. The number of morpholine rings is 1. The van der Waals surface area contributed by atoms with Gasteiger partial charge in [-0.1, -0.05) is 0 Å². The van der Waals surface area contributed by atoms with Gasteiger partial charge in [-0.2, -0.15) is 0 Å². The van der Waals surface area contributed by atoms with Gasteiger partial charge in [0.25, 0.3) is 0 Å². The molecule has 25 heavy (non-hydrogen) atoms. The Morgan fingerprint density at radius 1 is 1.28 bits per heavy atom. The number of ether oxygens (including phenoxy) is 1. The van der Waals surface area contributed by atoms with Crippen molar-refractivity contribution in [3.63, 3.8) is 0 Å². The van der Waals surface area contributed by atoms with Crippen molar-refractivity contribution in [2.24, 2.45) is 0 Å². The summed E-state index contributed by atoms with van der Waals surface area (Å²) in [7, 11) is 0. The molecule has 0 bridgehead atoms. The Kier molecular flexibility index (Phi) is 7.27. The molecule has 1 aliphatic heterocycles. The van der Waals surface area contributed by atoms with Gasteiger partial charge >= 0.3 is 0 Å². The number of amides is 2. The van der Waals surface area contributed by atoms with Gasteiger partial charge in [0.2, 0.25) is 11.8 Å². The second-order valence-corrected chi connectivity index (χ2v) is 5.82. The Bertz CT molecular complexity index is 607. The summed E-state index contributed by atoms with van der Waals surface area (Å²) in [5.74, 6) is -2.18. The average Bonchev–Trinajstić information content (AvgIpc) is 2.57. The number of rotatable bonds is 7. The topological polar surface area (TPSA) is 61.9 Å². The van der Waals surface area contributed by atoms with Gasteiger partial charge in [-0.15, -0.1) is 0 Å². The monoisotopic (exact) mass is 355 g/mol. The molecule has 1 aromatic rings. The first-order valence-corrected chi connectivity index (χ1v) is 8.27. The van der Waals surface area contributed by atoms with Crippen LogP contribution in [0.4, 0.5) is 14.5 Å². The highest BCUT2D eigenvalue weighted by molar-refractivity contribution is 5.92. The fraction of sp³-hybridized carbons (Fsp3) is 0.529. The van der Waals surface area contributed by atoms with Crippen molar-refractivity contribution in [2.75, 3.05) is 50.8 Å². The zero-order valence-corrected chi connectivity index (χ0v) is 14.3. The van der Waals surface area contributed by atoms with Crippen LogP contribution in [0, 0.1) is 11.6 Å². The number of nitrogens with one attached hydrogen (secondary N) is 1. The number of benzene rings is 1. The molecule has 0 aromatic heterocycles. The third kappa shape index (κ3) is 6.06. The Morgan fingerprint density at radius 2 is 2.00 bits per heavy atom. The lowest BCUT2D eigenvalue weighted by atomic mass is 10.2. The van der Waals surface area contributed by atoms with E-state index < -0.39 is 17.5 Å². The molecule has 0 atom stereocenters. The average molecular weight is 355 g/mol. The van der Waals surface area contributed by atoms with E-state index in [0.717, 1.165) is 30.6 Å². The van der Waals surface area contributed by atoms with Gasteiger partial charge < -0.3 is 15.0 Å². The molecule has 0 radical (unpaired) electrons. The molecular weight excluding hydrogens is 332 g/mol. The summed E-state index contributed by atoms with van der Waals surface area (Å²) in [4.78, 5) is 27.0. The number of hydrogen-bond acceptors (Lipinski definition) is 4. The molecular formula is C17H23F2N3O3. The molecule has 2 rings (SSSR count). The van der Waals surface area contributed by atoms with Crippen molar-refractivity contribution in [2.45, 2.75) is 13.3 Å². The SMILES string of the molecule is CC(=O)N(CCC(=O)NCCN1CCOCC1)c1ccc(F)cc1F. The van der Waals surface area contributed by atoms with E-state index in [2.05, 4.69) is 10.2 Å². The third-order valence-electron chi connectivity index (χ3n) is 4.00. The van der Waals surface area contributed by atoms with E-state index in [0.29, 0.717) is 25.8 Å². The van der Waals surface area contributed by atoms with Crippen LogP contribution < -0.4 is 10.2 Å². The minimum Gasteiger partial charge on any atom is -0.379 e. The van der Waals surface area contributed by atoms with Crippen LogP contribution in [-0.4, -0.2) is 62.7 Å². The number of anilines is 1. The van der Waals surface area contributed by atoms with Crippen molar-refractivity contribution in [1.29, 1.82) is 0 Å². The van der Waals surface area contributed by atoms with Crippen LogP contribution in [0.1, 0.15) is 13.3 Å². The van der Waals surface area contributed by atoms with E-state index in [4.69, 9.17) is 4.74 Å². The van der Waals surface area contributed by atoms with Crippen LogP contribution in [0.5, 0.6) is 0 Å². The van der Waals surface area contributed by atoms with E-state index in [1.54, 1.807) is 0 Å². The van der Waals surface area contributed by atoms with Gasteiger partial charge in [-0.3, -0.25) is 14.5 Å². The fourth-order valence-electron chi connectivity index (χ4n) is 2.63. The molecule has 6 nitrogen and oxygen atoms in total. The summed E-state index contributed by atoms with van der Waals surface area (Å²) in [6.45, 7) is 5.63. The summed E-state index contributed by atoms with van der Waals surface area (Å²) in [6, 6.07) is 2.99. The Morgan fingerprint density at radius 3 is 2.64 bits per heavy atom. The Balaban J connectivity index is 1.80. The molecule has 0 spiro atoms. The second kappa shape index (κ2) is 9.43. The number of halogens is 2. The molecule has 1 aromatic carbocycles. The summed E-state index contributed by atoms with van der Waals surface area (Å²) in [5.41, 5.74) is -0.0324. The standard InChI is InChI=1S/C17H23F2N3O3/c1-13(23)22(16-3-2-14(18)12-15(16)19)6-4-17(24)20-5-7-21-8-10-25-11-9-21/h2-3,12H,4-11H2,1H3,(H,20,24). The lowest BCUT2D eigenvalue weighted by Gasteiger charge is -2.26. The summed E-state index contributed by atoms with van der Waals surface area (Å²) >= 11 is 0. The smallest absolute Gasteiger partial charge is 0.223 e. The van der Waals surface area contributed by atoms with Gasteiger partial charge in [-0.25, -0.2) is 8.78 Å². The van der Waals surface area contributed by atoms with Crippen molar-refractivity contribution in [3.05, 3.63) is 29.8 Å².